The Kier molecular flexibility index (Phi) is 7.73. The minimum atomic E-state index is 0. The average molecular weight is 517 g/mol. The van der Waals surface area contributed by atoms with E-state index >= 15 is 0 Å². The minimum absolute atomic E-state index is 0. The Morgan fingerprint density at radius 3 is 2.83 bits per heavy atom. The van der Waals surface area contributed by atoms with Crippen molar-refractivity contribution >= 4 is 29.9 Å². The average Bonchev–Trinajstić information content (AvgIpc) is 3.41. The molecule has 4 rings (SSSR count). The number of nitrogens with one attached hydrogen (secondary N) is 1. The molecule has 0 saturated heterocycles. The number of para-hydroxylation sites is 1. The standard InChI is InChI=1S/C23H27N5O.HI/c1-24-23(25-12-10-18-8-9-22-20(14-18)11-13-29-22)27(2)16-19-15-26-28(17-19)21-6-4-3-5-7-21;/h3-9,14-15,17H,10-13,16H2,1-2H3,(H,24,25);1H. The molecule has 1 aliphatic heterocycles. The van der Waals surface area contributed by atoms with E-state index in [0.29, 0.717) is 0 Å². The van der Waals surface area contributed by atoms with Gasteiger partial charge in [-0.25, -0.2) is 4.68 Å². The fourth-order valence-corrected chi connectivity index (χ4v) is 3.61. The van der Waals surface area contributed by atoms with Crippen molar-refractivity contribution in [1.82, 2.24) is 20.0 Å². The number of halogens is 1. The van der Waals surface area contributed by atoms with Gasteiger partial charge in [0.2, 0.25) is 0 Å². The van der Waals surface area contributed by atoms with Gasteiger partial charge in [0.05, 0.1) is 18.5 Å². The molecule has 1 N–H and O–H groups in total. The minimum Gasteiger partial charge on any atom is -0.493 e. The van der Waals surface area contributed by atoms with E-state index in [1.807, 2.05) is 55.3 Å². The first-order chi connectivity index (χ1) is 14.2. The molecule has 0 aliphatic carbocycles. The van der Waals surface area contributed by atoms with Crippen LogP contribution in [-0.4, -0.2) is 47.9 Å². The summed E-state index contributed by atoms with van der Waals surface area (Å²) in [6.07, 6.45) is 5.93. The summed E-state index contributed by atoms with van der Waals surface area (Å²) in [7, 11) is 3.86. The van der Waals surface area contributed by atoms with Crippen molar-refractivity contribution in [2.75, 3.05) is 27.2 Å². The topological polar surface area (TPSA) is 54.7 Å². The van der Waals surface area contributed by atoms with Crippen LogP contribution in [0.5, 0.6) is 5.75 Å². The van der Waals surface area contributed by atoms with E-state index in [4.69, 9.17) is 4.74 Å². The maximum atomic E-state index is 5.58. The Hall–Kier alpha value is -2.55. The Balaban J connectivity index is 0.00000256. The van der Waals surface area contributed by atoms with Crippen molar-refractivity contribution in [1.29, 1.82) is 0 Å². The van der Waals surface area contributed by atoms with Crippen LogP contribution in [0, 0.1) is 0 Å². The van der Waals surface area contributed by atoms with Crippen LogP contribution in [-0.2, 0) is 19.4 Å². The van der Waals surface area contributed by atoms with Gasteiger partial charge in [-0.2, -0.15) is 5.10 Å². The van der Waals surface area contributed by atoms with Crippen molar-refractivity contribution < 1.29 is 4.74 Å². The molecule has 0 atom stereocenters. The van der Waals surface area contributed by atoms with Gasteiger partial charge >= 0.3 is 0 Å². The molecular weight excluding hydrogens is 489 g/mol. The number of aromatic nitrogens is 2. The molecule has 1 aromatic heterocycles. The lowest BCUT2D eigenvalue weighted by atomic mass is 10.1. The Labute approximate surface area is 195 Å². The number of aliphatic imine (C=N–C) groups is 1. The van der Waals surface area contributed by atoms with E-state index in [9.17, 15) is 0 Å². The lowest BCUT2D eigenvalue weighted by Crippen LogP contribution is -2.39. The van der Waals surface area contributed by atoms with E-state index in [1.54, 1.807) is 0 Å². The van der Waals surface area contributed by atoms with E-state index in [0.717, 1.165) is 55.5 Å². The first-order valence-electron chi connectivity index (χ1n) is 9.98. The summed E-state index contributed by atoms with van der Waals surface area (Å²) in [4.78, 5) is 6.54. The molecule has 7 heteroatoms. The molecule has 0 unspecified atom stereocenters. The maximum Gasteiger partial charge on any atom is 0.193 e. The lowest BCUT2D eigenvalue weighted by molar-refractivity contribution is 0.357. The summed E-state index contributed by atoms with van der Waals surface area (Å²) >= 11 is 0. The van der Waals surface area contributed by atoms with Crippen LogP contribution < -0.4 is 10.1 Å². The molecule has 0 radical (unpaired) electrons. The molecule has 30 heavy (non-hydrogen) atoms. The number of nitrogens with zero attached hydrogens (tertiary/aromatic N) is 4. The first-order valence-corrected chi connectivity index (χ1v) is 9.98. The number of hydrogen-bond acceptors (Lipinski definition) is 3. The molecule has 2 aromatic carbocycles. The summed E-state index contributed by atoms with van der Waals surface area (Å²) < 4.78 is 7.48. The summed E-state index contributed by atoms with van der Waals surface area (Å²) in [5, 5.41) is 7.94. The van der Waals surface area contributed by atoms with E-state index in [1.165, 1.54) is 11.1 Å². The van der Waals surface area contributed by atoms with Gasteiger partial charge in [-0.05, 0) is 35.7 Å². The van der Waals surface area contributed by atoms with Gasteiger partial charge in [0.25, 0.3) is 0 Å². The Morgan fingerprint density at radius 2 is 2.03 bits per heavy atom. The van der Waals surface area contributed by atoms with Crippen molar-refractivity contribution in [3.05, 3.63) is 77.6 Å². The number of ether oxygens (including phenoxy) is 1. The highest BCUT2D eigenvalue weighted by Gasteiger charge is 2.12. The van der Waals surface area contributed by atoms with Crippen LogP contribution in [0.4, 0.5) is 0 Å². The number of hydrogen-bond donors (Lipinski definition) is 1. The van der Waals surface area contributed by atoms with Gasteiger partial charge in [-0.3, -0.25) is 4.99 Å². The molecule has 158 valence electrons. The van der Waals surface area contributed by atoms with Gasteiger partial charge in [0.15, 0.2) is 5.96 Å². The van der Waals surface area contributed by atoms with Crippen LogP contribution in [0.15, 0.2) is 65.9 Å². The Bertz CT molecular complexity index is 986. The normalized spacial score (nSPS) is 12.7. The van der Waals surface area contributed by atoms with Gasteiger partial charge in [-0.15, -0.1) is 24.0 Å². The largest absolute Gasteiger partial charge is 0.493 e. The predicted octanol–water partition coefficient (Wildman–Crippen LogP) is 3.68. The van der Waals surface area contributed by atoms with Gasteiger partial charge in [-0.1, -0.05) is 30.3 Å². The zero-order valence-corrected chi connectivity index (χ0v) is 19.7. The monoisotopic (exact) mass is 517 g/mol. The second-order valence-corrected chi connectivity index (χ2v) is 7.25. The van der Waals surface area contributed by atoms with Crippen molar-refractivity contribution in [2.24, 2.45) is 4.99 Å². The third-order valence-corrected chi connectivity index (χ3v) is 5.10. The zero-order valence-electron chi connectivity index (χ0n) is 17.4. The highest BCUT2D eigenvalue weighted by Crippen LogP contribution is 2.25. The third kappa shape index (κ3) is 5.33. The smallest absolute Gasteiger partial charge is 0.193 e. The van der Waals surface area contributed by atoms with Crippen molar-refractivity contribution in [2.45, 2.75) is 19.4 Å². The number of guanidine groups is 1. The lowest BCUT2D eigenvalue weighted by Gasteiger charge is -2.21. The van der Waals surface area contributed by atoms with Crippen LogP contribution in [0.25, 0.3) is 5.69 Å². The maximum absolute atomic E-state index is 5.58. The highest BCUT2D eigenvalue weighted by molar-refractivity contribution is 14.0. The van der Waals surface area contributed by atoms with Gasteiger partial charge < -0.3 is 15.0 Å². The molecule has 0 fully saturated rings. The van der Waals surface area contributed by atoms with Crippen LogP contribution >= 0.6 is 24.0 Å². The summed E-state index contributed by atoms with van der Waals surface area (Å²) in [6.45, 7) is 2.37. The van der Waals surface area contributed by atoms with E-state index < -0.39 is 0 Å². The molecule has 0 saturated carbocycles. The second kappa shape index (κ2) is 10.5. The van der Waals surface area contributed by atoms with E-state index in [2.05, 4.69) is 44.7 Å². The zero-order chi connectivity index (χ0) is 20.1. The highest BCUT2D eigenvalue weighted by atomic mass is 127. The van der Waals surface area contributed by atoms with Gasteiger partial charge in [0, 0.05) is 45.4 Å². The SMILES string of the molecule is CN=C(NCCc1ccc2c(c1)CCO2)N(C)Cc1cnn(-c2ccccc2)c1.I. The van der Waals surface area contributed by atoms with Gasteiger partial charge in [0.1, 0.15) is 5.75 Å². The molecule has 0 amide bonds. The van der Waals surface area contributed by atoms with Crippen molar-refractivity contribution in [3.8, 4) is 11.4 Å². The molecule has 0 spiro atoms. The Morgan fingerprint density at radius 1 is 1.20 bits per heavy atom. The molecular formula is C23H28IN5O. The first kappa shape index (κ1) is 22.1. The molecule has 0 bridgehead atoms. The summed E-state index contributed by atoms with van der Waals surface area (Å²) in [6, 6.07) is 16.6. The van der Waals surface area contributed by atoms with E-state index in [-0.39, 0.29) is 24.0 Å². The molecule has 3 aromatic rings. The molecule has 1 aliphatic rings. The third-order valence-electron chi connectivity index (χ3n) is 5.10. The number of rotatable bonds is 6. The molecule has 2 heterocycles. The fourth-order valence-electron chi connectivity index (χ4n) is 3.61. The van der Waals surface area contributed by atoms with Crippen LogP contribution in [0.3, 0.4) is 0 Å². The second-order valence-electron chi connectivity index (χ2n) is 7.25. The predicted molar refractivity (Wildman–Crippen MR) is 131 cm³/mol. The fraction of sp³-hybridized carbons (Fsp3) is 0.304. The number of benzene rings is 2. The summed E-state index contributed by atoms with van der Waals surface area (Å²) in [5.74, 6) is 1.91. The van der Waals surface area contributed by atoms with Crippen molar-refractivity contribution in [3.63, 3.8) is 0 Å². The van der Waals surface area contributed by atoms with Crippen LogP contribution in [0.1, 0.15) is 16.7 Å². The molecule has 6 nitrogen and oxygen atoms in total. The number of fused-ring (bicyclic) bond motifs is 1. The quantitative estimate of drug-likeness (QED) is 0.308. The summed E-state index contributed by atoms with van der Waals surface area (Å²) in [5.41, 5.74) is 4.84. The van der Waals surface area contributed by atoms with Crippen LogP contribution in [0.2, 0.25) is 0 Å².